The molecule has 0 amide bonds. The summed E-state index contributed by atoms with van der Waals surface area (Å²) in [7, 11) is 8.03. The van der Waals surface area contributed by atoms with Crippen molar-refractivity contribution in [3.8, 4) is 0 Å². The van der Waals surface area contributed by atoms with Crippen molar-refractivity contribution in [2.24, 2.45) is 0 Å². The summed E-state index contributed by atoms with van der Waals surface area (Å²) in [6.07, 6.45) is 2.11. The minimum Gasteiger partial charge on any atom is -0.387 e. The number of unbranched alkanes of at least 4 members (excludes halogenated alkanes) is 1. The molecule has 0 aromatic heterocycles. The number of quaternary nitrogens is 1. The quantitative estimate of drug-likeness (QED) is 0.520. The predicted octanol–water partition coefficient (Wildman–Crippen LogP) is 3.54. The van der Waals surface area contributed by atoms with Gasteiger partial charge in [0.05, 0.1) is 38.2 Å². The van der Waals surface area contributed by atoms with Crippen molar-refractivity contribution >= 4 is 12.1 Å². The first-order chi connectivity index (χ1) is 9.14. The van der Waals surface area contributed by atoms with Gasteiger partial charge in [-0.1, -0.05) is 27.2 Å². The molecule has 5 heteroatoms. The van der Waals surface area contributed by atoms with Gasteiger partial charge in [-0.15, -0.1) is 0 Å². The first-order valence-corrected chi connectivity index (χ1v) is 8.36. The summed E-state index contributed by atoms with van der Waals surface area (Å²) >= 11 is 0.344. The first-order valence-electron chi connectivity index (χ1n) is 7.64. The van der Waals surface area contributed by atoms with Crippen molar-refractivity contribution in [3.63, 3.8) is 0 Å². The summed E-state index contributed by atoms with van der Waals surface area (Å²) < 4.78 is 14.0. The Hall–Kier alpha value is 0.160. The lowest BCUT2D eigenvalue weighted by atomic mass is 10.1. The zero-order valence-corrected chi connectivity index (χ0v) is 15.6. The van der Waals surface area contributed by atoms with Crippen LogP contribution in [0.15, 0.2) is 0 Å². The molecular formula is C15H36FN2OS+. The molecule has 3 nitrogen and oxygen atoms in total. The van der Waals surface area contributed by atoms with E-state index in [1.54, 1.807) is 0 Å². The largest absolute Gasteiger partial charge is 0.387 e. The van der Waals surface area contributed by atoms with E-state index in [1.165, 1.54) is 0 Å². The molecule has 0 aromatic rings. The fourth-order valence-corrected chi connectivity index (χ4v) is 2.48. The van der Waals surface area contributed by atoms with Crippen LogP contribution < -0.4 is 0 Å². The Morgan fingerprint density at radius 3 is 2.15 bits per heavy atom. The van der Waals surface area contributed by atoms with E-state index in [2.05, 4.69) is 6.92 Å². The van der Waals surface area contributed by atoms with Gasteiger partial charge in [-0.25, -0.2) is 0 Å². The maximum atomic E-state index is 13.3. The van der Waals surface area contributed by atoms with E-state index in [9.17, 15) is 8.99 Å². The maximum absolute atomic E-state index is 13.3. The van der Waals surface area contributed by atoms with Crippen LogP contribution in [0.2, 0.25) is 0 Å². The molecule has 0 fully saturated rings. The average Bonchev–Trinajstić information content (AvgIpc) is 2.35. The molecule has 0 rings (SSSR count). The van der Waals surface area contributed by atoms with Gasteiger partial charge in [-0.3, -0.25) is 4.90 Å². The highest BCUT2D eigenvalue weighted by Gasteiger charge is 2.34. The Kier molecular flexibility index (Phi) is 12.1. The van der Waals surface area contributed by atoms with Crippen LogP contribution in [0, 0.1) is 0 Å². The van der Waals surface area contributed by atoms with Crippen LogP contribution in [0.1, 0.15) is 47.0 Å². The highest BCUT2D eigenvalue weighted by Crippen LogP contribution is 2.34. The van der Waals surface area contributed by atoms with Gasteiger partial charge in [0.25, 0.3) is 0 Å². The standard InChI is InChI=1S/C13H30FN2OS.C2H6/c1-7-8-9-15(3)13(2,18-14)10-12(17)11-16(4,5)6;1-2/h12,17H,7-11H2,1-6H3;1-2H3/q+1;. The summed E-state index contributed by atoms with van der Waals surface area (Å²) in [6.45, 7) is 9.49. The van der Waals surface area contributed by atoms with Crippen LogP contribution >= 0.6 is 12.1 Å². The van der Waals surface area contributed by atoms with Crippen LogP contribution in [0.5, 0.6) is 0 Å². The monoisotopic (exact) mass is 311 g/mol. The normalized spacial score (nSPS) is 16.4. The highest BCUT2D eigenvalue weighted by atomic mass is 32.2. The molecule has 0 saturated carbocycles. The zero-order valence-electron chi connectivity index (χ0n) is 14.7. The van der Waals surface area contributed by atoms with Crippen molar-refractivity contribution < 1.29 is 13.5 Å². The molecule has 2 unspecified atom stereocenters. The first kappa shape index (κ1) is 22.4. The number of likely N-dealkylation sites (N-methyl/N-ethyl adjacent to an activating group) is 1. The maximum Gasteiger partial charge on any atom is 0.106 e. The molecule has 0 aliphatic heterocycles. The SMILES string of the molecule is CC.CCCCN(C)C(C)(CC(O)C[N+](C)(C)C)SF. The summed E-state index contributed by atoms with van der Waals surface area (Å²) in [4.78, 5) is 1.38. The van der Waals surface area contributed by atoms with Crippen LogP contribution in [0.4, 0.5) is 3.89 Å². The molecule has 1 N–H and O–H groups in total. The third-order valence-electron chi connectivity index (χ3n) is 3.19. The fraction of sp³-hybridized carbons (Fsp3) is 1.00. The Labute approximate surface area is 130 Å². The van der Waals surface area contributed by atoms with Crippen LogP contribution in [0.25, 0.3) is 0 Å². The van der Waals surface area contributed by atoms with Crippen LogP contribution in [-0.4, -0.2) is 66.7 Å². The third kappa shape index (κ3) is 9.97. The molecule has 20 heavy (non-hydrogen) atoms. The number of aliphatic hydroxyl groups excluding tert-OH is 1. The van der Waals surface area contributed by atoms with E-state index in [4.69, 9.17) is 0 Å². The highest BCUT2D eigenvalue weighted by molar-refractivity contribution is 7.95. The second kappa shape index (κ2) is 10.8. The second-order valence-electron chi connectivity index (χ2n) is 6.36. The van der Waals surface area contributed by atoms with Crippen molar-refractivity contribution in [2.45, 2.75) is 57.9 Å². The van der Waals surface area contributed by atoms with Crippen LogP contribution in [0.3, 0.4) is 0 Å². The van der Waals surface area contributed by atoms with Crippen LogP contribution in [-0.2, 0) is 0 Å². The van der Waals surface area contributed by atoms with Crippen molar-refractivity contribution in [3.05, 3.63) is 0 Å². The Balaban J connectivity index is 0. The van der Waals surface area contributed by atoms with E-state index >= 15 is 0 Å². The topological polar surface area (TPSA) is 23.5 Å². The smallest absolute Gasteiger partial charge is 0.106 e. The molecule has 0 saturated heterocycles. The lowest BCUT2D eigenvalue weighted by molar-refractivity contribution is -0.873. The van der Waals surface area contributed by atoms with E-state index < -0.39 is 11.0 Å². The lowest BCUT2D eigenvalue weighted by Gasteiger charge is -2.37. The van der Waals surface area contributed by atoms with Gasteiger partial charge in [0.2, 0.25) is 0 Å². The van der Waals surface area contributed by atoms with E-state index in [0.29, 0.717) is 29.6 Å². The molecule has 0 heterocycles. The molecular weight excluding hydrogens is 275 g/mol. The Morgan fingerprint density at radius 1 is 1.30 bits per heavy atom. The van der Waals surface area contributed by atoms with Gasteiger partial charge in [0.1, 0.15) is 12.6 Å². The van der Waals surface area contributed by atoms with Crippen molar-refractivity contribution in [2.75, 3.05) is 41.3 Å². The number of halogens is 1. The number of hydrogen-bond donors (Lipinski definition) is 1. The number of nitrogens with zero attached hydrogens (tertiary/aromatic N) is 2. The van der Waals surface area contributed by atoms with Gasteiger partial charge in [0.15, 0.2) is 0 Å². The van der Waals surface area contributed by atoms with Gasteiger partial charge in [0, 0.05) is 6.42 Å². The van der Waals surface area contributed by atoms with E-state index in [1.807, 2.05) is 53.9 Å². The zero-order chi connectivity index (χ0) is 16.4. The molecule has 124 valence electrons. The van der Waals surface area contributed by atoms with Crippen molar-refractivity contribution in [1.82, 2.24) is 4.90 Å². The summed E-state index contributed by atoms with van der Waals surface area (Å²) in [5.74, 6) is 0. The fourth-order valence-electron chi connectivity index (χ4n) is 2.01. The molecule has 0 spiro atoms. The summed E-state index contributed by atoms with van der Waals surface area (Å²) in [5, 5.41) is 10.1. The minimum absolute atomic E-state index is 0.344. The molecule has 0 bridgehead atoms. The molecule has 0 aliphatic carbocycles. The Bertz CT molecular complexity index is 236. The number of hydrogen-bond acceptors (Lipinski definition) is 3. The number of aliphatic hydroxyl groups is 1. The van der Waals surface area contributed by atoms with Gasteiger partial charge in [-0.05, 0) is 26.9 Å². The molecule has 0 aliphatic rings. The summed E-state index contributed by atoms with van der Waals surface area (Å²) in [5.41, 5.74) is 0. The van der Waals surface area contributed by atoms with Gasteiger partial charge in [-0.2, -0.15) is 3.89 Å². The minimum atomic E-state index is -0.635. The third-order valence-corrected chi connectivity index (χ3v) is 4.00. The average molecular weight is 312 g/mol. The lowest BCUT2D eigenvalue weighted by Crippen LogP contribution is -2.48. The predicted molar refractivity (Wildman–Crippen MR) is 89.5 cm³/mol. The molecule has 0 aromatic carbocycles. The Morgan fingerprint density at radius 2 is 1.80 bits per heavy atom. The molecule has 2 atom stereocenters. The number of rotatable bonds is 9. The molecule has 0 radical (unpaired) electrons. The second-order valence-corrected chi connectivity index (χ2v) is 7.39. The summed E-state index contributed by atoms with van der Waals surface area (Å²) in [6, 6.07) is 0. The van der Waals surface area contributed by atoms with E-state index in [-0.39, 0.29) is 0 Å². The van der Waals surface area contributed by atoms with Gasteiger partial charge < -0.3 is 9.59 Å². The van der Waals surface area contributed by atoms with Crippen molar-refractivity contribution in [1.29, 1.82) is 0 Å². The van der Waals surface area contributed by atoms with Gasteiger partial charge >= 0.3 is 0 Å². The van der Waals surface area contributed by atoms with E-state index in [0.717, 1.165) is 19.4 Å².